The molecule has 2 nitrogen and oxygen atoms in total. The van der Waals surface area contributed by atoms with Crippen LogP contribution in [0.15, 0.2) is 0 Å². The Balaban J connectivity index is 3.28. The van der Waals surface area contributed by atoms with Crippen molar-refractivity contribution in [2.45, 2.75) is 96.8 Å². The highest BCUT2D eigenvalue weighted by Crippen LogP contribution is 2.18. The minimum absolute atomic E-state index is 0.321. The SMILES string of the molecule is CCCCCCCCCCC(CO)CCCCCCO. The van der Waals surface area contributed by atoms with Gasteiger partial charge in [-0.2, -0.15) is 0 Å². The van der Waals surface area contributed by atoms with Gasteiger partial charge in [-0.3, -0.25) is 0 Å². The second-order valence-electron chi connectivity index (χ2n) is 6.24. The van der Waals surface area contributed by atoms with E-state index in [2.05, 4.69) is 6.92 Å². The summed E-state index contributed by atoms with van der Waals surface area (Å²) in [6.45, 7) is 2.94. The molecule has 0 aliphatic rings. The number of unbranched alkanes of at least 4 members (excludes halogenated alkanes) is 10. The molecule has 0 aromatic carbocycles. The summed E-state index contributed by atoms with van der Waals surface area (Å²) in [5.41, 5.74) is 0. The molecule has 1 atom stereocenters. The van der Waals surface area contributed by atoms with Crippen LogP contribution in [0.5, 0.6) is 0 Å². The summed E-state index contributed by atoms with van der Waals surface area (Å²) in [6.07, 6.45) is 17.8. The average molecular weight is 286 g/mol. The third kappa shape index (κ3) is 14.3. The van der Waals surface area contributed by atoms with Gasteiger partial charge in [0.25, 0.3) is 0 Å². The topological polar surface area (TPSA) is 40.5 Å². The van der Waals surface area contributed by atoms with Gasteiger partial charge in [0.05, 0.1) is 0 Å². The molecule has 0 aromatic heterocycles. The lowest BCUT2D eigenvalue weighted by Crippen LogP contribution is -2.06. The van der Waals surface area contributed by atoms with Gasteiger partial charge in [0.1, 0.15) is 0 Å². The summed E-state index contributed by atoms with van der Waals surface area (Å²) in [4.78, 5) is 0. The monoisotopic (exact) mass is 286 g/mol. The Labute approximate surface area is 127 Å². The lowest BCUT2D eigenvalue weighted by Gasteiger charge is -2.13. The summed E-state index contributed by atoms with van der Waals surface area (Å²) in [6, 6.07) is 0. The number of aliphatic hydroxyl groups excluding tert-OH is 2. The Morgan fingerprint density at radius 3 is 1.50 bits per heavy atom. The fraction of sp³-hybridized carbons (Fsp3) is 1.00. The van der Waals surface area contributed by atoms with Crippen LogP contribution in [0.25, 0.3) is 0 Å². The van der Waals surface area contributed by atoms with Gasteiger partial charge in [0, 0.05) is 13.2 Å². The molecule has 122 valence electrons. The first-order valence-corrected chi connectivity index (χ1v) is 9.06. The fourth-order valence-electron chi connectivity index (χ4n) is 2.79. The second kappa shape index (κ2) is 17.0. The maximum atomic E-state index is 9.39. The zero-order valence-electron chi connectivity index (χ0n) is 13.8. The van der Waals surface area contributed by atoms with Gasteiger partial charge in [0.2, 0.25) is 0 Å². The maximum Gasteiger partial charge on any atom is 0.0459 e. The molecule has 0 radical (unpaired) electrons. The molecule has 0 fully saturated rings. The Morgan fingerprint density at radius 2 is 1.05 bits per heavy atom. The molecule has 2 heteroatoms. The van der Waals surface area contributed by atoms with Crippen LogP contribution in [-0.2, 0) is 0 Å². The van der Waals surface area contributed by atoms with Gasteiger partial charge in [-0.15, -0.1) is 0 Å². The van der Waals surface area contributed by atoms with Crippen molar-refractivity contribution >= 4 is 0 Å². The molecule has 0 spiro atoms. The first kappa shape index (κ1) is 19.9. The normalized spacial score (nSPS) is 12.8. The van der Waals surface area contributed by atoms with Crippen molar-refractivity contribution in [1.82, 2.24) is 0 Å². The van der Waals surface area contributed by atoms with E-state index in [9.17, 15) is 5.11 Å². The lowest BCUT2D eigenvalue weighted by molar-refractivity contribution is 0.203. The van der Waals surface area contributed by atoms with Crippen LogP contribution in [0.3, 0.4) is 0 Å². The minimum Gasteiger partial charge on any atom is -0.396 e. The summed E-state index contributed by atoms with van der Waals surface area (Å²) in [5.74, 6) is 0.518. The van der Waals surface area contributed by atoms with E-state index in [-0.39, 0.29) is 0 Å². The largest absolute Gasteiger partial charge is 0.396 e. The van der Waals surface area contributed by atoms with Crippen LogP contribution >= 0.6 is 0 Å². The highest BCUT2D eigenvalue weighted by Gasteiger charge is 2.06. The second-order valence-corrected chi connectivity index (χ2v) is 6.24. The van der Waals surface area contributed by atoms with Crippen LogP contribution < -0.4 is 0 Å². The van der Waals surface area contributed by atoms with E-state index in [1.807, 2.05) is 0 Å². The molecule has 0 amide bonds. The highest BCUT2D eigenvalue weighted by molar-refractivity contribution is 4.59. The van der Waals surface area contributed by atoms with Crippen molar-refractivity contribution in [3.05, 3.63) is 0 Å². The first-order valence-electron chi connectivity index (χ1n) is 9.06. The lowest BCUT2D eigenvalue weighted by atomic mass is 9.95. The molecule has 0 bridgehead atoms. The molecular weight excluding hydrogens is 248 g/mol. The number of hydrogen-bond acceptors (Lipinski definition) is 2. The number of aliphatic hydroxyl groups is 2. The van der Waals surface area contributed by atoms with Crippen molar-refractivity contribution in [3.63, 3.8) is 0 Å². The van der Waals surface area contributed by atoms with Gasteiger partial charge < -0.3 is 10.2 Å². The van der Waals surface area contributed by atoms with E-state index in [0.29, 0.717) is 19.1 Å². The molecule has 0 heterocycles. The zero-order chi connectivity index (χ0) is 14.9. The molecule has 0 aliphatic carbocycles. The molecule has 2 N–H and O–H groups in total. The molecule has 0 saturated heterocycles. The van der Waals surface area contributed by atoms with Crippen LogP contribution in [-0.4, -0.2) is 23.4 Å². The predicted octanol–water partition coefficient (Wildman–Crippen LogP) is 5.07. The minimum atomic E-state index is 0.321. The van der Waals surface area contributed by atoms with E-state index in [1.54, 1.807) is 0 Å². The van der Waals surface area contributed by atoms with Crippen LogP contribution in [0.4, 0.5) is 0 Å². The van der Waals surface area contributed by atoms with Crippen molar-refractivity contribution < 1.29 is 10.2 Å². The van der Waals surface area contributed by atoms with Gasteiger partial charge in [-0.1, -0.05) is 77.6 Å². The Hall–Kier alpha value is -0.0800. The first-order chi connectivity index (χ1) is 9.85. The molecule has 0 saturated carbocycles. The number of rotatable bonds is 16. The van der Waals surface area contributed by atoms with E-state index in [1.165, 1.54) is 77.0 Å². The molecule has 0 rings (SSSR count). The van der Waals surface area contributed by atoms with E-state index in [0.717, 1.165) is 12.8 Å². The van der Waals surface area contributed by atoms with E-state index >= 15 is 0 Å². The van der Waals surface area contributed by atoms with Crippen molar-refractivity contribution in [2.24, 2.45) is 5.92 Å². The molecule has 20 heavy (non-hydrogen) atoms. The molecule has 0 aliphatic heterocycles. The van der Waals surface area contributed by atoms with E-state index < -0.39 is 0 Å². The Kier molecular flexibility index (Phi) is 16.9. The Morgan fingerprint density at radius 1 is 0.600 bits per heavy atom. The predicted molar refractivity (Wildman–Crippen MR) is 88.0 cm³/mol. The fourth-order valence-corrected chi connectivity index (χ4v) is 2.79. The van der Waals surface area contributed by atoms with Crippen molar-refractivity contribution in [2.75, 3.05) is 13.2 Å². The standard InChI is InChI=1S/C18H38O2/c1-2-3-4-5-6-7-8-11-14-18(17-20)15-12-9-10-13-16-19/h18-20H,2-17H2,1H3. The Bertz CT molecular complexity index is 171. The van der Waals surface area contributed by atoms with Gasteiger partial charge in [-0.05, 0) is 25.2 Å². The van der Waals surface area contributed by atoms with Gasteiger partial charge in [0.15, 0.2) is 0 Å². The van der Waals surface area contributed by atoms with Crippen LogP contribution in [0.2, 0.25) is 0 Å². The van der Waals surface area contributed by atoms with Gasteiger partial charge in [-0.25, -0.2) is 0 Å². The molecular formula is C18H38O2. The van der Waals surface area contributed by atoms with Gasteiger partial charge >= 0.3 is 0 Å². The van der Waals surface area contributed by atoms with E-state index in [4.69, 9.17) is 5.11 Å². The smallest absolute Gasteiger partial charge is 0.0459 e. The van der Waals surface area contributed by atoms with Crippen molar-refractivity contribution in [1.29, 1.82) is 0 Å². The van der Waals surface area contributed by atoms with Crippen LogP contribution in [0, 0.1) is 5.92 Å². The maximum absolute atomic E-state index is 9.39. The zero-order valence-corrected chi connectivity index (χ0v) is 13.8. The molecule has 1 unspecified atom stereocenters. The number of hydrogen-bond donors (Lipinski definition) is 2. The molecule has 0 aromatic rings. The third-order valence-corrected chi connectivity index (χ3v) is 4.24. The summed E-state index contributed by atoms with van der Waals surface area (Å²) in [5, 5.41) is 18.1. The summed E-state index contributed by atoms with van der Waals surface area (Å²) >= 11 is 0. The summed E-state index contributed by atoms with van der Waals surface area (Å²) < 4.78 is 0. The highest BCUT2D eigenvalue weighted by atomic mass is 16.3. The van der Waals surface area contributed by atoms with Crippen molar-refractivity contribution in [3.8, 4) is 0 Å². The summed E-state index contributed by atoms with van der Waals surface area (Å²) in [7, 11) is 0. The third-order valence-electron chi connectivity index (χ3n) is 4.24. The average Bonchev–Trinajstić information content (AvgIpc) is 2.47. The quantitative estimate of drug-likeness (QED) is 0.389. The van der Waals surface area contributed by atoms with Crippen LogP contribution in [0.1, 0.15) is 96.8 Å².